The lowest BCUT2D eigenvalue weighted by Crippen LogP contribution is -3.04. The summed E-state index contributed by atoms with van der Waals surface area (Å²) in [6.07, 6.45) is 10.7. The minimum Gasteiger partial charge on any atom is -0.439 e. The van der Waals surface area contributed by atoms with Crippen LogP contribution in [0.3, 0.4) is 0 Å². The summed E-state index contributed by atoms with van der Waals surface area (Å²) in [5.41, 5.74) is 0.500. The summed E-state index contributed by atoms with van der Waals surface area (Å²) in [6.45, 7) is 19.0. The fourth-order valence-corrected chi connectivity index (χ4v) is 314. The summed E-state index contributed by atoms with van der Waals surface area (Å²) in [7, 11) is -42.3. The van der Waals surface area contributed by atoms with Crippen molar-refractivity contribution in [1.29, 1.82) is 0 Å². The summed E-state index contributed by atoms with van der Waals surface area (Å²) >= 11 is 0. The second-order valence-electron chi connectivity index (χ2n) is 22.1. The molecule has 0 fully saturated rings. The van der Waals surface area contributed by atoms with Gasteiger partial charge in [0.2, 0.25) is 30.4 Å². The lowest BCUT2D eigenvalue weighted by atomic mass is 10.0. The zero-order chi connectivity index (χ0) is 50.3. The first kappa shape index (κ1) is 68.1. The Kier molecular flexibility index (Phi) is 30.0. The molecule has 0 heterocycles. The minimum atomic E-state index is -5.08. The van der Waals surface area contributed by atoms with Gasteiger partial charge in [-0.25, -0.2) is 0 Å². The van der Waals surface area contributed by atoms with Crippen molar-refractivity contribution in [1.82, 2.24) is 0 Å². The van der Waals surface area contributed by atoms with E-state index in [0.29, 0.717) is 11.8 Å². The first-order valence-corrected chi connectivity index (χ1v) is 70.6. The monoisotopic (exact) mass is 1190 g/mol. The van der Waals surface area contributed by atoms with Gasteiger partial charge < -0.3 is 72.3 Å². The van der Waals surface area contributed by atoms with Crippen molar-refractivity contribution in [2.75, 3.05) is 7.11 Å². The predicted molar refractivity (Wildman–Crippen MR) is 302 cm³/mol. The number of hydrogen-bond donors (Lipinski definition) is 9. The molecule has 0 radical (unpaired) electrons. The Labute approximate surface area is 407 Å². The Hall–Kier alpha value is 3.05. The Morgan fingerprint density at radius 1 is 0.524 bits per heavy atom. The molecule has 33 heteroatoms. The van der Waals surface area contributed by atoms with Crippen LogP contribution in [0.2, 0.25) is 84.6 Å². The Morgan fingerprint density at radius 3 is 1.24 bits per heavy atom. The molecule has 382 valence electrons. The standard InChI is InChI=1S/C25H86O16Si17.C5H12/c1-15-16-17-18-19-20-21-22-23-24-25-53(14,34)54(36-43-26,50(8,9)32)41-55(40-52(12,13)38-48(3,4)5,57(46-29,47-30)39-49(6,7)31)58(37-44-27,51(10,11)33)56(42,35-2)45-28;1-5(2,3)4/h26-34H,15-25,43-47H2,1-14,42H3;1-4H3. The lowest BCUT2D eigenvalue weighted by Gasteiger charge is -2.64. The summed E-state index contributed by atoms with van der Waals surface area (Å²) in [5.74, 6) is 0. The van der Waals surface area contributed by atoms with E-state index >= 15 is 0 Å². The molecule has 0 aliphatic carbocycles. The van der Waals surface area contributed by atoms with Crippen LogP contribution in [0.1, 0.15) is 98.8 Å². The zero-order valence-corrected chi connectivity index (χ0v) is 63.3. The van der Waals surface area contributed by atoms with Crippen molar-refractivity contribution in [2.45, 2.75) is 183 Å². The SMILES string of the molecule is CC(C)(C)C.CCCCCCCCCCCC[Si](C)(O)[Si](O[SiH2]O)(O[Si](O[Si](C)(C)O[Si](C)(C)C)([Si](O[Si](C)(C)O)([SiH2]O)[SiH2]O)[Si](O[SiH2]O)([Si](C)(C)O)[Si]([SiH3])(OC)[SiH2]O)[Si](C)(C)O. The van der Waals surface area contributed by atoms with E-state index in [2.05, 4.69) is 34.6 Å². The quantitative estimate of drug-likeness (QED) is 0.0273. The smallest absolute Gasteiger partial charge is 0.342 e. The highest BCUT2D eigenvalue weighted by Gasteiger charge is 2.89. The van der Waals surface area contributed by atoms with Gasteiger partial charge >= 0.3 is 32.3 Å². The topological polar surface area (TPSA) is 247 Å². The van der Waals surface area contributed by atoms with E-state index in [-0.39, 0.29) is 15.8 Å². The van der Waals surface area contributed by atoms with Gasteiger partial charge in [-0.3, -0.25) is 0 Å². The van der Waals surface area contributed by atoms with E-state index in [1.165, 1.54) is 52.3 Å². The van der Waals surface area contributed by atoms with Crippen molar-refractivity contribution in [3.63, 3.8) is 0 Å². The van der Waals surface area contributed by atoms with Crippen molar-refractivity contribution in [3.05, 3.63) is 0 Å². The molecule has 0 aliphatic heterocycles. The molecule has 0 bridgehead atoms. The van der Waals surface area contributed by atoms with Crippen molar-refractivity contribution < 1.29 is 72.3 Å². The highest BCUT2D eigenvalue weighted by atomic mass is 30.3. The van der Waals surface area contributed by atoms with Gasteiger partial charge in [-0.15, -0.1) is 0 Å². The van der Waals surface area contributed by atoms with Crippen molar-refractivity contribution in [3.8, 4) is 0 Å². The third-order valence-corrected chi connectivity index (χ3v) is 190. The van der Waals surface area contributed by atoms with E-state index in [4.69, 9.17) is 29.1 Å². The van der Waals surface area contributed by atoms with Crippen molar-refractivity contribution >= 4 is 142 Å². The van der Waals surface area contributed by atoms with Gasteiger partial charge in [-0.1, -0.05) is 98.8 Å². The van der Waals surface area contributed by atoms with Crippen LogP contribution in [0.15, 0.2) is 0 Å². The predicted octanol–water partition coefficient (Wildman–Crippen LogP) is -1.35. The fourth-order valence-electron chi connectivity index (χ4n) is 8.55. The maximum Gasteiger partial charge on any atom is 0.342 e. The molecule has 9 N–H and O–H groups in total. The average Bonchev–Trinajstić information content (AvgIpc) is 3.09. The van der Waals surface area contributed by atoms with Crippen molar-refractivity contribution in [2.24, 2.45) is 5.41 Å². The molecule has 16 nitrogen and oxygen atoms in total. The average molecular weight is 1190 g/mol. The van der Waals surface area contributed by atoms with E-state index < -0.39 is 133 Å². The van der Waals surface area contributed by atoms with Crippen LogP contribution < -0.4 is 0 Å². The second-order valence-corrected chi connectivity index (χ2v) is 130. The molecule has 0 aromatic rings. The Bertz CT molecular complexity index is 1270. The molecular weight excluding hydrogens is 1090 g/mol. The Balaban J connectivity index is 0. The third-order valence-electron chi connectivity index (χ3n) is 10.7. The van der Waals surface area contributed by atoms with Crippen LogP contribution in [0.5, 0.6) is 0 Å². The molecule has 0 aromatic heterocycles. The van der Waals surface area contributed by atoms with E-state index in [9.17, 15) is 43.2 Å². The van der Waals surface area contributed by atoms with Gasteiger partial charge in [0.05, 0.1) is 0 Å². The molecule has 0 aliphatic rings. The number of hydrogen-bond acceptors (Lipinski definition) is 16. The van der Waals surface area contributed by atoms with Crippen LogP contribution in [0.4, 0.5) is 0 Å². The second kappa shape index (κ2) is 27.8. The summed E-state index contributed by atoms with van der Waals surface area (Å²) in [5, 5.41) is 0. The molecule has 0 spiro atoms. The third kappa shape index (κ3) is 19.9. The maximum atomic E-state index is 13.2. The van der Waals surface area contributed by atoms with Gasteiger partial charge in [0, 0.05) is 16.9 Å². The van der Waals surface area contributed by atoms with E-state index in [0.717, 1.165) is 25.7 Å². The number of rotatable bonds is 33. The van der Waals surface area contributed by atoms with E-state index in [1.54, 1.807) is 32.7 Å². The minimum absolute atomic E-state index is 0.166. The van der Waals surface area contributed by atoms with Gasteiger partial charge in [0.1, 0.15) is 0 Å². The maximum absolute atomic E-state index is 13.2. The molecule has 0 rings (SSSR count). The largest absolute Gasteiger partial charge is 0.439 e. The normalized spacial score (nSPS) is 20.4. The molecule has 5 atom stereocenters. The molecule has 0 aromatic carbocycles. The summed E-state index contributed by atoms with van der Waals surface area (Å²) < 4.78 is 49.2. The summed E-state index contributed by atoms with van der Waals surface area (Å²) in [4.78, 5) is 109. The molecule has 0 saturated carbocycles. The van der Waals surface area contributed by atoms with Crippen LogP contribution >= 0.6 is 0 Å². The molecular formula is C30H98O16Si17. The van der Waals surface area contributed by atoms with Crippen LogP contribution in [0, 0.1) is 5.41 Å². The molecule has 63 heavy (non-hydrogen) atoms. The fraction of sp³-hybridized carbons (Fsp3) is 1.00. The molecule has 0 saturated heterocycles. The van der Waals surface area contributed by atoms with Crippen LogP contribution in [-0.2, 0) is 29.1 Å². The number of unbranched alkanes of at least 4 members (excludes halogenated alkanes) is 9. The van der Waals surface area contributed by atoms with Crippen LogP contribution in [-0.4, -0.2) is 193 Å². The van der Waals surface area contributed by atoms with Gasteiger partial charge in [-0.2, -0.15) is 0 Å². The van der Waals surface area contributed by atoms with Gasteiger partial charge in [0.15, 0.2) is 36.2 Å². The lowest BCUT2D eigenvalue weighted by molar-refractivity contribution is 0.298. The first-order chi connectivity index (χ1) is 28.3. The van der Waals surface area contributed by atoms with E-state index in [1.807, 2.05) is 32.7 Å². The van der Waals surface area contributed by atoms with Gasteiger partial charge in [-0.05, 0) is 90.0 Å². The summed E-state index contributed by atoms with van der Waals surface area (Å²) in [6, 6.07) is 0.257. The first-order valence-electron chi connectivity index (χ1n) is 22.8. The molecule has 5 unspecified atom stereocenters. The highest BCUT2D eigenvalue weighted by molar-refractivity contribution is 8.08. The Morgan fingerprint density at radius 2 is 0.937 bits per heavy atom. The van der Waals surface area contributed by atoms with Crippen LogP contribution in [0.25, 0.3) is 0 Å². The highest BCUT2D eigenvalue weighted by Crippen LogP contribution is 2.47. The van der Waals surface area contributed by atoms with Gasteiger partial charge in [0.25, 0.3) is 33.8 Å². The zero-order valence-electron chi connectivity index (χ0n) is 43.2. The molecule has 0 amide bonds.